The maximum absolute atomic E-state index is 14.3. The summed E-state index contributed by atoms with van der Waals surface area (Å²) in [6.07, 6.45) is 2.79. The maximum atomic E-state index is 14.3. The van der Waals surface area contributed by atoms with Gasteiger partial charge in [-0.15, -0.1) is 0 Å². The molecule has 1 aliphatic rings. The van der Waals surface area contributed by atoms with E-state index in [1.54, 1.807) is 6.21 Å². The molecule has 1 aromatic heterocycles. The van der Waals surface area contributed by atoms with Crippen molar-refractivity contribution in [2.75, 3.05) is 43.2 Å². The molecule has 5 rings (SSSR count). The quantitative estimate of drug-likeness (QED) is 0.146. The molecule has 38 heavy (non-hydrogen) atoms. The van der Waals surface area contributed by atoms with Gasteiger partial charge >= 0.3 is 0 Å². The molecule has 0 unspecified atom stereocenters. The number of fused-ring (bicyclic) bond motifs is 1. The fourth-order valence-corrected chi connectivity index (χ4v) is 4.99. The van der Waals surface area contributed by atoms with Gasteiger partial charge in [-0.3, -0.25) is 0 Å². The zero-order valence-corrected chi connectivity index (χ0v) is 23.0. The number of nitrogens with one attached hydrogen (secondary N) is 1. The van der Waals surface area contributed by atoms with Crippen LogP contribution in [0.3, 0.4) is 0 Å². The molecule has 0 bridgehead atoms. The van der Waals surface area contributed by atoms with Crippen LogP contribution in [0.15, 0.2) is 65.9 Å². The van der Waals surface area contributed by atoms with Crippen molar-refractivity contribution in [3.63, 3.8) is 0 Å². The summed E-state index contributed by atoms with van der Waals surface area (Å²) in [6, 6.07) is 18.3. The maximum Gasteiger partial charge on any atom is 0.245 e. The molecule has 2 heterocycles. The zero-order valence-electron chi connectivity index (χ0n) is 20.9. The van der Waals surface area contributed by atoms with E-state index in [1.807, 2.05) is 42.2 Å². The van der Waals surface area contributed by atoms with Crippen LogP contribution in [0.1, 0.15) is 18.1 Å². The summed E-state index contributed by atoms with van der Waals surface area (Å²) in [5.41, 5.74) is 4.70. The lowest BCUT2D eigenvalue weighted by atomic mass is 10.1. The minimum atomic E-state index is -0.476. The normalized spacial score (nSPS) is 13.7. The first-order valence-electron chi connectivity index (χ1n) is 12.3. The highest BCUT2D eigenvalue weighted by atomic mass is 127. The van der Waals surface area contributed by atoms with E-state index in [2.05, 4.69) is 67.4 Å². The molecule has 1 aliphatic heterocycles. The number of morpholine rings is 1. The lowest BCUT2D eigenvalue weighted by molar-refractivity contribution is 0.122. The number of aromatic nitrogens is 2. The van der Waals surface area contributed by atoms with Gasteiger partial charge in [0.25, 0.3) is 0 Å². The number of ether oxygens (including phenoxy) is 3. The highest BCUT2D eigenvalue weighted by Crippen LogP contribution is 2.35. The van der Waals surface area contributed by atoms with Crippen molar-refractivity contribution in [1.82, 2.24) is 9.97 Å². The molecule has 3 aromatic carbocycles. The summed E-state index contributed by atoms with van der Waals surface area (Å²) in [7, 11) is 0. The third kappa shape index (κ3) is 6.13. The summed E-state index contributed by atoms with van der Waals surface area (Å²) in [5, 5.41) is 6.60. The van der Waals surface area contributed by atoms with Crippen molar-refractivity contribution in [2.45, 2.75) is 13.5 Å². The average Bonchev–Trinajstić information content (AvgIpc) is 2.94. The zero-order chi connectivity index (χ0) is 26.3. The number of hydrogen-bond donors (Lipinski definition) is 1. The second-order valence-electron chi connectivity index (χ2n) is 8.52. The van der Waals surface area contributed by atoms with Crippen LogP contribution in [0.2, 0.25) is 0 Å². The summed E-state index contributed by atoms with van der Waals surface area (Å²) in [5.74, 6) is 1.29. The minimum Gasteiger partial charge on any atom is -0.490 e. The molecular formula is C28H27FIN5O3. The number of anilines is 2. The summed E-state index contributed by atoms with van der Waals surface area (Å²) in [6.45, 7) is 5.06. The van der Waals surface area contributed by atoms with Gasteiger partial charge in [-0.1, -0.05) is 42.5 Å². The third-order valence-corrected chi connectivity index (χ3v) is 6.80. The Bertz CT molecular complexity index is 1440. The Balaban J connectivity index is 1.31. The lowest BCUT2D eigenvalue weighted by Crippen LogP contribution is -2.37. The molecular weight excluding hydrogens is 600 g/mol. The smallest absolute Gasteiger partial charge is 0.245 e. The summed E-state index contributed by atoms with van der Waals surface area (Å²) < 4.78 is 32.7. The third-order valence-electron chi connectivity index (χ3n) is 6.00. The molecule has 10 heteroatoms. The van der Waals surface area contributed by atoms with Gasteiger partial charge in [-0.2, -0.15) is 10.1 Å². The molecule has 0 atom stereocenters. The van der Waals surface area contributed by atoms with Crippen LogP contribution in [0.5, 0.6) is 11.5 Å². The topological polar surface area (TPSA) is 81.1 Å². The molecule has 4 aromatic rings. The number of halogens is 2. The van der Waals surface area contributed by atoms with E-state index in [-0.39, 0.29) is 11.8 Å². The van der Waals surface area contributed by atoms with E-state index in [0.717, 1.165) is 26.3 Å². The van der Waals surface area contributed by atoms with Crippen molar-refractivity contribution in [3.8, 4) is 11.5 Å². The lowest BCUT2D eigenvalue weighted by Gasteiger charge is -2.27. The highest BCUT2D eigenvalue weighted by molar-refractivity contribution is 14.1. The Hall–Kier alpha value is -3.51. The predicted molar refractivity (Wildman–Crippen MR) is 155 cm³/mol. The van der Waals surface area contributed by atoms with Crippen molar-refractivity contribution < 1.29 is 18.6 Å². The first kappa shape index (κ1) is 26.1. The van der Waals surface area contributed by atoms with Crippen molar-refractivity contribution in [2.24, 2.45) is 5.10 Å². The van der Waals surface area contributed by atoms with E-state index < -0.39 is 5.82 Å². The van der Waals surface area contributed by atoms with E-state index in [1.165, 1.54) is 5.39 Å². The van der Waals surface area contributed by atoms with Gasteiger partial charge in [0.15, 0.2) is 23.1 Å². The van der Waals surface area contributed by atoms with E-state index in [9.17, 15) is 4.39 Å². The predicted octanol–water partition coefficient (Wildman–Crippen LogP) is 5.63. The molecule has 0 amide bonds. The van der Waals surface area contributed by atoms with E-state index in [4.69, 9.17) is 14.2 Å². The highest BCUT2D eigenvalue weighted by Gasteiger charge is 2.18. The Labute approximate surface area is 234 Å². The van der Waals surface area contributed by atoms with Crippen LogP contribution in [0.4, 0.5) is 16.2 Å². The molecule has 0 radical (unpaired) electrons. The molecule has 0 spiro atoms. The second-order valence-corrected chi connectivity index (χ2v) is 9.69. The van der Waals surface area contributed by atoms with E-state index in [0.29, 0.717) is 51.0 Å². The van der Waals surface area contributed by atoms with Crippen LogP contribution in [0.25, 0.3) is 10.8 Å². The monoisotopic (exact) mass is 627 g/mol. The van der Waals surface area contributed by atoms with Crippen LogP contribution in [-0.2, 0) is 11.3 Å². The largest absolute Gasteiger partial charge is 0.490 e. The van der Waals surface area contributed by atoms with Crippen LogP contribution < -0.4 is 19.8 Å². The fourth-order valence-electron chi connectivity index (χ4n) is 4.21. The number of rotatable bonds is 9. The Morgan fingerprint density at radius 1 is 1.13 bits per heavy atom. The van der Waals surface area contributed by atoms with Gasteiger partial charge in [-0.05, 0) is 63.5 Å². The van der Waals surface area contributed by atoms with Crippen molar-refractivity contribution in [1.29, 1.82) is 0 Å². The van der Waals surface area contributed by atoms with Crippen LogP contribution in [-0.4, -0.2) is 49.1 Å². The number of hydrogen-bond acceptors (Lipinski definition) is 8. The Kier molecular flexibility index (Phi) is 8.49. The van der Waals surface area contributed by atoms with Crippen LogP contribution >= 0.6 is 22.6 Å². The molecule has 8 nitrogen and oxygen atoms in total. The van der Waals surface area contributed by atoms with Crippen molar-refractivity contribution >= 4 is 51.3 Å². The number of benzene rings is 3. The number of hydrazone groups is 1. The first-order valence-corrected chi connectivity index (χ1v) is 13.4. The number of nitrogens with zero attached hydrogens (tertiary/aromatic N) is 4. The van der Waals surface area contributed by atoms with Gasteiger partial charge in [0.2, 0.25) is 5.95 Å². The first-order chi connectivity index (χ1) is 18.6. The van der Waals surface area contributed by atoms with Gasteiger partial charge in [0.05, 0.1) is 35.8 Å². The molecule has 0 saturated carbocycles. The molecule has 196 valence electrons. The minimum absolute atomic E-state index is 0.207. The molecule has 1 fully saturated rings. The SMILES string of the molecule is CCOc1cc(C=NNc2ncc(F)c(N3CCOCC3)n2)cc(I)c1OCc1cccc2ccccc12. The van der Waals surface area contributed by atoms with Crippen LogP contribution in [0, 0.1) is 9.39 Å². The second kappa shape index (κ2) is 12.4. The molecule has 1 N–H and O–H groups in total. The fraction of sp³-hybridized carbons (Fsp3) is 0.250. The van der Waals surface area contributed by atoms with E-state index >= 15 is 0 Å². The Morgan fingerprint density at radius 2 is 1.95 bits per heavy atom. The van der Waals surface area contributed by atoms with Gasteiger partial charge in [0, 0.05) is 13.1 Å². The van der Waals surface area contributed by atoms with Crippen molar-refractivity contribution in [3.05, 3.63) is 81.3 Å². The Morgan fingerprint density at radius 3 is 2.79 bits per heavy atom. The van der Waals surface area contributed by atoms with Gasteiger partial charge < -0.3 is 19.1 Å². The molecule has 1 saturated heterocycles. The summed E-state index contributed by atoms with van der Waals surface area (Å²) >= 11 is 2.24. The van der Waals surface area contributed by atoms with Gasteiger partial charge in [0.1, 0.15) is 6.61 Å². The van der Waals surface area contributed by atoms with Gasteiger partial charge in [-0.25, -0.2) is 14.8 Å². The summed E-state index contributed by atoms with van der Waals surface area (Å²) in [4.78, 5) is 10.1. The standard InChI is InChI=1S/C28H27FIN5O3/c1-2-37-25-15-19(16-32-34-28-31-17-23(29)27(33-28)35-10-12-36-13-11-35)14-24(30)26(25)38-18-21-8-5-7-20-6-3-4-9-22(20)21/h3-9,14-17H,2,10-13,18H2,1H3,(H,31,33,34). The molecule has 0 aliphatic carbocycles. The average molecular weight is 627 g/mol.